The summed E-state index contributed by atoms with van der Waals surface area (Å²) in [7, 11) is 0. The molecule has 0 aliphatic carbocycles. The highest BCUT2D eigenvalue weighted by atomic mass is 32.2. The Morgan fingerprint density at radius 3 is 2.78 bits per heavy atom. The van der Waals surface area contributed by atoms with Crippen LogP contribution in [0.5, 0.6) is 0 Å². The highest BCUT2D eigenvalue weighted by Crippen LogP contribution is 2.18. The maximum Gasteiger partial charge on any atom is 0.321 e. The van der Waals surface area contributed by atoms with Crippen molar-refractivity contribution < 1.29 is 14.7 Å². The van der Waals surface area contributed by atoms with Crippen molar-refractivity contribution in [1.82, 2.24) is 20.2 Å². The third-order valence-corrected chi connectivity index (χ3v) is 4.92. The molecule has 0 saturated heterocycles. The number of thioether (sulfide) groups is 1. The predicted octanol–water partition coefficient (Wildman–Crippen LogP) is 1.50. The number of aliphatic hydroxyl groups is 1. The van der Waals surface area contributed by atoms with Gasteiger partial charge in [0.25, 0.3) is 5.56 Å². The van der Waals surface area contributed by atoms with Crippen LogP contribution in [0.25, 0.3) is 10.9 Å². The Labute approximate surface area is 161 Å². The van der Waals surface area contributed by atoms with Gasteiger partial charge in [-0.3, -0.25) is 19.5 Å². The van der Waals surface area contributed by atoms with Gasteiger partial charge < -0.3 is 10.4 Å². The molecular formula is C18H24N4O4S. The van der Waals surface area contributed by atoms with Crippen molar-refractivity contribution in [2.24, 2.45) is 0 Å². The normalized spacial score (nSPS) is 12.0. The van der Waals surface area contributed by atoms with E-state index >= 15 is 0 Å². The van der Waals surface area contributed by atoms with E-state index < -0.39 is 11.9 Å². The number of fused-ring (bicyclic) bond motifs is 1. The quantitative estimate of drug-likeness (QED) is 0.463. The first-order valence-electron chi connectivity index (χ1n) is 8.79. The summed E-state index contributed by atoms with van der Waals surface area (Å²) in [6.07, 6.45) is 1.16. The number of rotatable bonds is 8. The van der Waals surface area contributed by atoms with E-state index in [2.05, 4.69) is 15.6 Å². The third-order valence-electron chi connectivity index (χ3n) is 3.94. The number of hydrogen-bond donors (Lipinski definition) is 3. The molecule has 146 valence electrons. The van der Waals surface area contributed by atoms with Gasteiger partial charge in [0, 0.05) is 19.2 Å². The molecule has 3 N–H and O–H groups in total. The van der Waals surface area contributed by atoms with Crippen molar-refractivity contribution in [1.29, 1.82) is 0 Å². The van der Waals surface area contributed by atoms with Gasteiger partial charge in [-0.2, -0.15) is 0 Å². The smallest absolute Gasteiger partial charge is 0.321 e. The number of carbonyl (C=O) groups excluding carboxylic acids is 2. The van der Waals surface area contributed by atoms with Crippen LogP contribution in [-0.2, 0) is 11.3 Å². The van der Waals surface area contributed by atoms with Gasteiger partial charge in [-0.25, -0.2) is 9.78 Å². The van der Waals surface area contributed by atoms with E-state index in [0.717, 1.165) is 18.2 Å². The summed E-state index contributed by atoms with van der Waals surface area (Å²) in [6.45, 7) is 4.02. The minimum Gasteiger partial charge on any atom is -0.396 e. The SMILES string of the molecule is CC[C@@H](C)NC(=O)NC(=O)CSc1nc2ccccc2c(=O)n1CCCO. The molecule has 9 heteroatoms. The number of aromatic nitrogens is 2. The fourth-order valence-electron chi connectivity index (χ4n) is 2.34. The molecule has 0 fully saturated rings. The molecule has 0 bridgehead atoms. The van der Waals surface area contributed by atoms with Crippen LogP contribution >= 0.6 is 11.8 Å². The molecule has 8 nitrogen and oxygen atoms in total. The number of imide groups is 1. The van der Waals surface area contributed by atoms with Gasteiger partial charge in [0.2, 0.25) is 5.91 Å². The van der Waals surface area contributed by atoms with Crippen molar-refractivity contribution in [3.8, 4) is 0 Å². The second kappa shape index (κ2) is 10.1. The molecule has 3 amide bonds. The number of aliphatic hydroxyl groups excluding tert-OH is 1. The van der Waals surface area contributed by atoms with Gasteiger partial charge in [-0.15, -0.1) is 0 Å². The molecule has 1 aromatic heterocycles. The second-order valence-electron chi connectivity index (χ2n) is 6.07. The largest absolute Gasteiger partial charge is 0.396 e. The van der Waals surface area contributed by atoms with Crippen LogP contribution in [0.2, 0.25) is 0 Å². The lowest BCUT2D eigenvalue weighted by Gasteiger charge is -2.13. The van der Waals surface area contributed by atoms with Crippen LogP contribution in [0.1, 0.15) is 26.7 Å². The molecule has 0 saturated carbocycles. The molecule has 0 radical (unpaired) electrons. The van der Waals surface area contributed by atoms with Crippen molar-refractivity contribution >= 4 is 34.6 Å². The third kappa shape index (κ3) is 5.80. The minimum absolute atomic E-state index is 0.0312. The summed E-state index contributed by atoms with van der Waals surface area (Å²) in [4.78, 5) is 40.9. The molecule has 0 aliphatic heterocycles. The number of para-hydroxylation sites is 1. The average molecular weight is 392 g/mol. The maximum atomic E-state index is 12.7. The summed E-state index contributed by atoms with van der Waals surface area (Å²) in [5, 5.41) is 14.9. The highest BCUT2D eigenvalue weighted by molar-refractivity contribution is 7.99. The Hall–Kier alpha value is -2.39. The lowest BCUT2D eigenvalue weighted by molar-refractivity contribution is -0.117. The first-order valence-corrected chi connectivity index (χ1v) is 9.78. The van der Waals surface area contributed by atoms with E-state index in [1.54, 1.807) is 24.3 Å². The first-order chi connectivity index (χ1) is 13.0. The van der Waals surface area contributed by atoms with Gasteiger partial charge in [-0.1, -0.05) is 30.8 Å². The van der Waals surface area contributed by atoms with Crippen LogP contribution in [-0.4, -0.2) is 45.0 Å². The van der Waals surface area contributed by atoms with Gasteiger partial charge in [-0.05, 0) is 31.9 Å². The molecule has 2 rings (SSSR count). The maximum absolute atomic E-state index is 12.7. The summed E-state index contributed by atoms with van der Waals surface area (Å²) < 4.78 is 1.45. The fraction of sp³-hybridized carbons (Fsp3) is 0.444. The Morgan fingerprint density at radius 2 is 2.07 bits per heavy atom. The van der Waals surface area contributed by atoms with Crippen molar-refractivity contribution in [2.45, 2.75) is 44.4 Å². The Balaban J connectivity index is 2.13. The Bertz CT molecular complexity index is 868. The van der Waals surface area contributed by atoms with Crippen molar-refractivity contribution in [2.75, 3.05) is 12.4 Å². The van der Waals surface area contributed by atoms with E-state index in [1.165, 1.54) is 4.57 Å². The topological polar surface area (TPSA) is 113 Å². The lowest BCUT2D eigenvalue weighted by atomic mass is 10.2. The number of amides is 3. The van der Waals surface area contributed by atoms with Crippen LogP contribution in [0.3, 0.4) is 0 Å². The molecule has 1 aromatic carbocycles. The number of benzene rings is 1. The van der Waals surface area contributed by atoms with E-state index in [1.807, 2.05) is 13.8 Å². The number of carbonyl (C=O) groups is 2. The average Bonchev–Trinajstić information content (AvgIpc) is 2.65. The summed E-state index contributed by atoms with van der Waals surface area (Å²) in [5.41, 5.74) is 0.326. The van der Waals surface area contributed by atoms with Crippen LogP contribution in [0.4, 0.5) is 4.79 Å². The molecule has 0 unspecified atom stereocenters. The van der Waals surface area contributed by atoms with Crippen LogP contribution in [0.15, 0.2) is 34.2 Å². The molecular weight excluding hydrogens is 368 g/mol. The molecule has 1 atom stereocenters. The van der Waals surface area contributed by atoms with Crippen LogP contribution < -0.4 is 16.2 Å². The zero-order valence-electron chi connectivity index (χ0n) is 15.4. The van der Waals surface area contributed by atoms with E-state index in [-0.39, 0.29) is 24.0 Å². The number of hydrogen-bond acceptors (Lipinski definition) is 6. The molecule has 2 aromatic rings. The van der Waals surface area contributed by atoms with Gasteiger partial charge in [0.1, 0.15) is 0 Å². The van der Waals surface area contributed by atoms with Crippen LogP contribution in [0, 0.1) is 0 Å². The van der Waals surface area contributed by atoms with E-state index in [0.29, 0.717) is 29.0 Å². The Kier molecular flexibility index (Phi) is 7.81. The molecule has 0 spiro atoms. The zero-order valence-corrected chi connectivity index (χ0v) is 16.2. The minimum atomic E-state index is -0.543. The van der Waals surface area contributed by atoms with Gasteiger partial charge in [0.05, 0.1) is 16.7 Å². The standard InChI is InChI=1S/C18H24N4O4S/c1-3-12(2)19-17(26)21-15(24)11-27-18-20-14-8-5-4-7-13(14)16(25)22(18)9-6-10-23/h4-5,7-8,12,23H,3,6,9-11H2,1-2H3,(H2,19,21,24,26)/t12-/m1/s1. The molecule has 1 heterocycles. The van der Waals surface area contributed by atoms with Crippen molar-refractivity contribution in [3.05, 3.63) is 34.6 Å². The summed E-state index contributed by atoms with van der Waals surface area (Å²) >= 11 is 1.08. The predicted molar refractivity (Wildman–Crippen MR) is 105 cm³/mol. The van der Waals surface area contributed by atoms with E-state index in [9.17, 15) is 14.4 Å². The van der Waals surface area contributed by atoms with E-state index in [4.69, 9.17) is 5.11 Å². The Morgan fingerprint density at radius 1 is 1.33 bits per heavy atom. The number of urea groups is 1. The van der Waals surface area contributed by atoms with Gasteiger partial charge >= 0.3 is 6.03 Å². The van der Waals surface area contributed by atoms with Crippen molar-refractivity contribution in [3.63, 3.8) is 0 Å². The lowest BCUT2D eigenvalue weighted by Crippen LogP contribution is -2.44. The first kappa shape index (κ1) is 20.9. The summed E-state index contributed by atoms with van der Waals surface area (Å²) in [6, 6.07) is 6.40. The zero-order chi connectivity index (χ0) is 19.8. The summed E-state index contributed by atoms with van der Waals surface area (Å²) in [5.74, 6) is -0.533. The molecule has 27 heavy (non-hydrogen) atoms. The fourth-order valence-corrected chi connectivity index (χ4v) is 3.16. The number of nitrogens with one attached hydrogen (secondary N) is 2. The molecule has 0 aliphatic rings. The monoisotopic (exact) mass is 392 g/mol. The second-order valence-corrected chi connectivity index (χ2v) is 7.01. The number of nitrogens with zero attached hydrogens (tertiary/aromatic N) is 2. The van der Waals surface area contributed by atoms with Gasteiger partial charge in [0.15, 0.2) is 5.16 Å². The highest BCUT2D eigenvalue weighted by Gasteiger charge is 2.15.